The second-order valence-electron chi connectivity index (χ2n) is 11.9. The molecule has 0 fully saturated rings. The maximum absolute atomic E-state index is 5.05. The maximum Gasteiger partial charge on any atom is 0.261 e. The Balaban J connectivity index is 2.28. The molecule has 3 aromatic rings. The molecule has 0 saturated heterocycles. The van der Waals surface area contributed by atoms with Gasteiger partial charge in [-0.1, -0.05) is 62.3 Å². The van der Waals surface area contributed by atoms with Crippen LogP contribution < -0.4 is 0 Å². The summed E-state index contributed by atoms with van der Waals surface area (Å²) >= 11 is 0. The van der Waals surface area contributed by atoms with Gasteiger partial charge in [0.05, 0.1) is 17.1 Å². The van der Waals surface area contributed by atoms with E-state index in [1.165, 1.54) is 0 Å². The molecule has 3 heterocycles. The van der Waals surface area contributed by atoms with Crippen LogP contribution in [-0.4, -0.2) is 36.2 Å². The predicted molar refractivity (Wildman–Crippen MR) is 129 cm³/mol. The molecule has 0 spiro atoms. The average Bonchev–Trinajstić information content (AvgIpc) is 3.26. The lowest BCUT2D eigenvalue weighted by Gasteiger charge is -2.34. The molecular weight excluding hydrogens is 383 g/mol. The molecule has 0 aromatic carbocycles. The highest BCUT2D eigenvalue weighted by atomic mass is 15.5. The first-order valence-electron chi connectivity index (χ1n) is 11.2. The molecule has 0 saturated carbocycles. The molecule has 0 aliphatic carbocycles. The zero-order chi connectivity index (χ0) is 23.5. The van der Waals surface area contributed by atoms with Crippen LogP contribution in [0.2, 0.25) is 0 Å². The number of aromatic nitrogens is 6. The first-order chi connectivity index (χ1) is 14.0. The SMILES string of the molecule is Cc1cc(C(C)(C)C)nn1[B-](n1nc(C(C)(C)C)cc1C)n1nc(C(C)(C)C)cc1C. The van der Waals surface area contributed by atoms with Gasteiger partial charge in [-0.05, 0) is 56.1 Å². The van der Waals surface area contributed by atoms with Crippen LogP contribution in [-0.2, 0) is 16.2 Å². The Kier molecular flexibility index (Phi) is 5.57. The molecule has 0 N–H and O–H groups in total. The van der Waals surface area contributed by atoms with Crippen LogP contribution in [0, 0.1) is 20.8 Å². The van der Waals surface area contributed by atoms with Crippen molar-refractivity contribution in [1.82, 2.24) is 29.1 Å². The van der Waals surface area contributed by atoms with Gasteiger partial charge in [0.15, 0.2) is 0 Å². The van der Waals surface area contributed by atoms with Gasteiger partial charge in [0.1, 0.15) is 0 Å². The third-order valence-electron chi connectivity index (χ3n) is 5.73. The Morgan fingerprint density at radius 3 is 0.903 bits per heavy atom. The third kappa shape index (κ3) is 4.51. The minimum atomic E-state index is -0.303. The summed E-state index contributed by atoms with van der Waals surface area (Å²) in [4.78, 5) is 0. The molecule has 0 unspecified atom stereocenters. The van der Waals surface area contributed by atoms with Gasteiger partial charge in [0.2, 0.25) is 0 Å². The van der Waals surface area contributed by atoms with Crippen LogP contribution in [0.5, 0.6) is 0 Å². The van der Waals surface area contributed by atoms with Crippen molar-refractivity contribution in [2.24, 2.45) is 0 Å². The molecule has 7 heteroatoms. The normalized spacial score (nSPS) is 13.5. The van der Waals surface area contributed by atoms with Crippen LogP contribution in [0.3, 0.4) is 0 Å². The van der Waals surface area contributed by atoms with Gasteiger partial charge in [0.25, 0.3) is 7.12 Å². The van der Waals surface area contributed by atoms with E-state index in [1.54, 1.807) is 0 Å². The molecule has 1 radical (unpaired) electrons. The van der Waals surface area contributed by atoms with Crippen molar-refractivity contribution in [2.75, 3.05) is 0 Å². The average molecular weight is 422 g/mol. The second kappa shape index (κ2) is 7.39. The Hall–Kier alpha value is -2.31. The minimum absolute atomic E-state index is 0.0357. The zero-order valence-corrected chi connectivity index (χ0v) is 21.5. The molecule has 3 aromatic heterocycles. The fraction of sp³-hybridized carbons (Fsp3) is 0.625. The predicted octanol–water partition coefficient (Wildman–Crippen LogP) is 5.02. The molecule has 0 amide bonds. The Labute approximate surface area is 188 Å². The molecular formula is C24H39BN6-. The summed E-state index contributed by atoms with van der Waals surface area (Å²) < 4.78 is 6.21. The molecule has 169 valence electrons. The lowest BCUT2D eigenvalue weighted by Crippen LogP contribution is -2.46. The Morgan fingerprint density at radius 2 is 0.742 bits per heavy atom. The fourth-order valence-corrected chi connectivity index (χ4v) is 3.58. The second-order valence-corrected chi connectivity index (χ2v) is 11.9. The summed E-state index contributed by atoms with van der Waals surface area (Å²) in [5.41, 5.74) is 6.37. The van der Waals surface area contributed by atoms with Gasteiger partial charge in [-0.2, -0.15) is 0 Å². The highest BCUT2D eigenvalue weighted by molar-refractivity contribution is 6.53. The molecule has 31 heavy (non-hydrogen) atoms. The van der Waals surface area contributed by atoms with Crippen molar-refractivity contribution in [3.05, 3.63) is 52.4 Å². The molecule has 0 aliphatic rings. The topological polar surface area (TPSA) is 53.5 Å². The first kappa shape index (κ1) is 23.4. The molecule has 0 atom stereocenters. The van der Waals surface area contributed by atoms with E-state index in [9.17, 15) is 0 Å². The molecule has 0 bridgehead atoms. The maximum atomic E-state index is 5.05. The lowest BCUT2D eigenvalue weighted by molar-refractivity contribution is 0.550. The first-order valence-corrected chi connectivity index (χ1v) is 11.2. The molecule has 0 aliphatic heterocycles. The van der Waals surface area contributed by atoms with E-state index in [0.717, 1.165) is 34.2 Å². The van der Waals surface area contributed by atoms with Gasteiger partial charge in [0, 0.05) is 16.2 Å². The van der Waals surface area contributed by atoms with Gasteiger partial charge in [-0.3, -0.25) is 0 Å². The van der Waals surface area contributed by atoms with Gasteiger partial charge in [-0.15, -0.1) is 0 Å². The van der Waals surface area contributed by atoms with Crippen molar-refractivity contribution in [3.8, 4) is 0 Å². The van der Waals surface area contributed by atoms with E-state index in [2.05, 4.69) is 115 Å². The monoisotopic (exact) mass is 422 g/mol. The number of rotatable bonds is 3. The zero-order valence-electron chi connectivity index (χ0n) is 21.5. The van der Waals surface area contributed by atoms with Gasteiger partial charge >= 0.3 is 0 Å². The quantitative estimate of drug-likeness (QED) is 0.557. The highest BCUT2D eigenvalue weighted by Gasteiger charge is 2.26. The third-order valence-corrected chi connectivity index (χ3v) is 5.73. The molecule has 6 nitrogen and oxygen atoms in total. The summed E-state index contributed by atoms with van der Waals surface area (Å²) in [7, 11) is -0.303. The molecule has 3 rings (SSSR count). The van der Waals surface area contributed by atoms with Crippen LogP contribution in [0.15, 0.2) is 18.2 Å². The smallest absolute Gasteiger partial charge is 0.261 e. The summed E-state index contributed by atoms with van der Waals surface area (Å²) in [6.07, 6.45) is 0. The highest BCUT2D eigenvalue weighted by Crippen LogP contribution is 2.26. The fourth-order valence-electron chi connectivity index (χ4n) is 3.58. The number of hydrogen-bond donors (Lipinski definition) is 0. The number of hydrogen-bond acceptors (Lipinski definition) is 3. The van der Waals surface area contributed by atoms with Crippen LogP contribution in [0.4, 0.5) is 0 Å². The van der Waals surface area contributed by atoms with Crippen molar-refractivity contribution in [1.29, 1.82) is 0 Å². The standard InChI is InChI=1S/C24H39BN6/c1-16-13-19(22(4,5)6)26-29(16)25(30-17(2)14-20(27-30)23(7,8)9)31-18(3)15-21(28-31)24(10,11)12/h13-15H,1-12H3/q-1. The van der Waals surface area contributed by atoms with E-state index in [4.69, 9.17) is 15.3 Å². The minimum Gasteiger partial charge on any atom is -0.422 e. The van der Waals surface area contributed by atoms with E-state index >= 15 is 0 Å². The van der Waals surface area contributed by atoms with Crippen molar-refractivity contribution in [2.45, 2.75) is 99.3 Å². The van der Waals surface area contributed by atoms with E-state index < -0.39 is 0 Å². The number of aryl methyl sites for hydroxylation is 3. The van der Waals surface area contributed by atoms with Crippen molar-refractivity contribution >= 4 is 7.12 Å². The Morgan fingerprint density at radius 1 is 0.516 bits per heavy atom. The van der Waals surface area contributed by atoms with Gasteiger partial charge in [-0.25, -0.2) is 15.3 Å². The van der Waals surface area contributed by atoms with Crippen molar-refractivity contribution < 1.29 is 0 Å². The number of nitrogens with zero attached hydrogens (tertiary/aromatic N) is 6. The van der Waals surface area contributed by atoms with Crippen LogP contribution in [0.1, 0.15) is 96.5 Å². The summed E-state index contributed by atoms with van der Waals surface area (Å²) in [5, 5.41) is 15.2. The largest absolute Gasteiger partial charge is 0.422 e. The summed E-state index contributed by atoms with van der Waals surface area (Å²) in [6.45, 7) is 26.1. The van der Waals surface area contributed by atoms with E-state index in [1.807, 2.05) is 0 Å². The van der Waals surface area contributed by atoms with E-state index in [0.29, 0.717) is 0 Å². The van der Waals surface area contributed by atoms with E-state index in [-0.39, 0.29) is 23.4 Å². The summed E-state index contributed by atoms with van der Waals surface area (Å²) in [5.74, 6) is 0. The lowest BCUT2D eigenvalue weighted by atomic mass is 9.92. The van der Waals surface area contributed by atoms with Crippen molar-refractivity contribution in [3.63, 3.8) is 0 Å². The van der Waals surface area contributed by atoms with Crippen LogP contribution >= 0.6 is 0 Å². The van der Waals surface area contributed by atoms with Gasteiger partial charge < -0.3 is 13.8 Å². The summed E-state index contributed by atoms with van der Waals surface area (Å²) in [6, 6.07) is 6.54. The Bertz CT molecular complexity index is 941. The van der Waals surface area contributed by atoms with Crippen LogP contribution in [0.25, 0.3) is 0 Å².